The Labute approximate surface area is 129 Å². The number of aliphatic carboxylic acids is 1. The number of urea groups is 1. The van der Waals surface area contributed by atoms with Crippen LogP contribution in [-0.4, -0.2) is 35.7 Å². The number of hydrogen-bond acceptors (Lipinski definition) is 3. The smallest absolute Gasteiger partial charge is 0.315 e. The van der Waals surface area contributed by atoms with Gasteiger partial charge in [-0.15, -0.1) is 0 Å². The predicted octanol–water partition coefficient (Wildman–Crippen LogP) is 2.11. The minimum atomic E-state index is -0.877. The second-order valence-corrected chi connectivity index (χ2v) is 5.87. The highest BCUT2D eigenvalue weighted by atomic mass is 32.2. The van der Waals surface area contributed by atoms with Crippen molar-refractivity contribution in [3.63, 3.8) is 0 Å². The molecule has 1 rings (SSSR count). The Balaban J connectivity index is 2.44. The topological polar surface area (TPSA) is 78.4 Å². The molecule has 0 aromatic heterocycles. The standard InChI is InChI=1S/C15H22N2O3S/c1-11(10-21-2)8-16-15(20)17-9-13-6-4-3-5-12(13)7-14(18)19/h3-6,11H,7-10H2,1-2H3,(H,18,19)(H2,16,17,20). The van der Waals surface area contributed by atoms with Gasteiger partial charge in [0.05, 0.1) is 6.42 Å². The van der Waals surface area contributed by atoms with Crippen LogP contribution in [0, 0.1) is 5.92 Å². The molecule has 0 aliphatic carbocycles. The first-order valence-corrected chi connectivity index (χ1v) is 8.21. The normalized spacial score (nSPS) is 11.7. The zero-order valence-corrected chi connectivity index (χ0v) is 13.2. The highest BCUT2D eigenvalue weighted by molar-refractivity contribution is 7.98. The summed E-state index contributed by atoms with van der Waals surface area (Å²) in [5, 5.41) is 14.4. The zero-order chi connectivity index (χ0) is 15.7. The van der Waals surface area contributed by atoms with E-state index in [-0.39, 0.29) is 12.5 Å². The summed E-state index contributed by atoms with van der Waals surface area (Å²) in [6.07, 6.45) is 2.00. The SMILES string of the molecule is CSCC(C)CNC(=O)NCc1ccccc1CC(=O)O. The number of hydrogen-bond donors (Lipinski definition) is 3. The van der Waals surface area contributed by atoms with Gasteiger partial charge in [0.15, 0.2) is 0 Å². The Hall–Kier alpha value is -1.69. The fourth-order valence-electron chi connectivity index (χ4n) is 1.91. The van der Waals surface area contributed by atoms with Crippen LogP contribution in [0.5, 0.6) is 0 Å². The molecule has 21 heavy (non-hydrogen) atoms. The molecule has 3 N–H and O–H groups in total. The van der Waals surface area contributed by atoms with E-state index in [1.807, 2.05) is 18.4 Å². The molecular formula is C15H22N2O3S. The third kappa shape index (κ3) is 7.04. The van der Waals surface area contributed by atoms with Crippen LogP contribution in [0.25, 0.3) is 0 Å². The second kappa shape index (κ2) is 9.28. The van der Waals surface area contributed by atoms with Gasteiger partial charge in [-0.2, -0.15) is 11.8 Å². The van der Waals surface area contributed by atoms with Crippen LogP contribution in [0.15, 0.2) is 24.3 Å². The predicted molar refractivity (Wildman–Crippen MR) is 85.6 cm³/mol. The number of nitrogens with one attached hydrogen (secondary N) is 2. The third-order valence-electron chi connectivity index (χ3n) is 2.96. The molecule has 0 heterocycles. The number of amides is 2. The number of carboxylic acid groups (broad SMARTS) is 1. The number of rotatable bonds is 8. The lowest BCUT2D eigenvalue weighted by Crippen LogP contribution is -2.38. The van der Waals surface area contributed by atoms with Crippen molar-refractivity contribution in [2.45, 2.75) is 19.9 Å². The Morgan fingerprint density at radius 3 is 2.52 bits per heavy atom. The maximum atomic E-state index is 11.7. The van der Waals surface area contributed by atoms with E-state index in [1.165, 1.54) is 0 Å². The van der Waals surface area contributed by atoms with Crippen molar-refractivity contribution in [1.82, 2.24) is 10.6 Å². The lowest BCUT2D eigenvalue weighted by molar-refractivity contribution is -0.136. The molecule has 0 saturated heterocycles. The van der Waals surface area contributed by atoms with Crippen molar-refractivity contribution in [2.75, 3.05) is 18.6 Å². The van der Waals surface area contributed by atoms with Gasteiger partial charge in [-0.1, -0.05) is 31.2 Å². The van der Waals surface area contributed by atoms with Crippen molar-refractivity contribution in [2.24, 2.45) is 5.92 Å². The van der Waals surface area contributed by atoms with Crippen molar-refractivity contribution in [3.8, 4) is 0 Å². The minimum absolute atomic E-state index is 0.0375. The Kier molecular flexibility index (Phi) is 7.68. The molecule has 0 aliphatic heterocycles. The zero-order valence-electron chi connectivity index (χ0n) is 12.4. The lowest BCUT2D eigenvalue weighted by atomic mass is 10.0. The first kappa shape index (κ1) is 17.4. The molecule has 6 heteroatoms. The summed E-state index contributed by atoms with van der Waals surface area (Å²) in [7, 11) is 0. The van der Waals surface area contributed by atoms with Crippen molar-refractivity contribution in [1.29, 1.82) is 0 Å². The fraction of sp³-hybridized carbons (Fsp3) is 0.467. The summed E-state index contributed by atoms with van der Waals surface area (Å²) in [5.74, 6) is 0.546. The van der Waals surface area contributed by atoms with Crippen LogP contribution in [0.1, 0.15) is 18.1 Å². The van der Waals surface area contributed by atoms with Crippen molar-refractivity contribution < 1.29 is 14.7 Å². The summed E-state index contributed by atoms with van der Waals surface area (Å²) in [4.78, 5) is 22.5. The summed E-state index contributed by atoms with van der Waals surface area (Å²) >= 11 is 1.75. The number of carbonyl (C=O) groups excluding carboxylic acids is 1. The van der Waals surface area contributed by atoms with Gasteiger partial charge in [0, 0.05) is 13.1 Å². The van der Waals surface area contributed by atoms with Crippen LogP contribution in [0.4, 0.5) is 4.79 Å². The van der Waals surface area contributed by atoms with E-state index in [0.29, 0.717) is 19.0 Å². The first-order chi connectivity index (χ1) is 10.0. The summed E-state index contributed by atoms with van der Waals surface area (Å²) < 4.78 is 0. The van der Waals surface area contributed by atoms with Gasteiger partial charge in [-0.05, 0) is 29.1 Å². The van der Waals surface area contributed by atoms with E-state index in [4.69, 9.17) is 5.11 Å². The van der Waals surface area contributed by atoms with E-state index in [2.05, 4.69) is 17.6 Å². The van der Waals surface area contributed by atoms with E-state index in [0.717, 1.165) is 16.9 Å². The highest BCUT2D eigenvalue weighted by Gasteiger charge is 2.08. The molecule has 5 nitrogen and oxygen atoms in total. The fourth-order valence-corrected chi connectivity index (χ4v) is 2.60. The van der Waals surface area contributed by atoms with Gasteiger partial charge < -0.3 is 15.7 Å². The largest absolute Gasteiger partial charge is 0.481 e. The summed E-state index contributed by atoms with van der Waals surface area (Å²) in [6.45, 7) is 3.04. The van der Waals surface area contributed by atoms with E-state index in [9.17, 15) is 9.59 Å². The van der Waals surface area contributed by atoms with Gasteiger partial charge in [-0.3, -0.25) is 4.79 Å². The van der Waals surface area contributed by atoms with Crippen LogP contribution in [-0.2, 0) is 17.8 Å². The molecule has 0 bridgehead atoms. The molecule has 1 aromatic carbocycles. The Bertz CT molecular complexity index is 480. The molecule has 1 unspecified atom stereocenters. The summed E-state index contributed by atoms with van der Waals surface area (Å²) in [6, 6.07) is 7.00. The first-order valence-electron chi connectivity index (χ1n) is 6.82. The van der Waals surface area contributed by atoms with E-state index >= 15 is 0 Å². The number of carbonyl (C=O) groups is 2. The molecule has 0 aliphatic rings. The lowest BCUT2D eigenvalue weighted by Gasteiger charge is -2.13. The number of thioether (sulfide) groups is 1. The van der Waals surface area contributed by atoms with Crippen LogP contribution in [0.2, 0.25) is 0 Å². The maximum absolute atomic E-state index is 11.7. The second-order valence-electron chi connectivity index (χ2n) is 4.96. The van der Waals surface area contributed by atoms with Gasteiger partial charge in [0.2, 0.25) is 0 Å². The molecule has 1 atom stereocenters. The maximum Gasteiger partial charge on any atom is 0.315 e. The minimum Gasteiger partial charge on any atom is -0.481 e. The van der Waals surface area contributed by atoms with Gasteiger partial charge in [0.25, 0.3) is 0 Å². The third-order valence-corrected chi connectivity index (χ3v) is 3.86. The highest BCUT2D eigenvalue weighted by Crippen LogP contribution is 2.09. The van der Waals surface area contributed by atoms with E-state index < -0.39 is 5.97 Å². The van der Waals surface area contributed by atoms with Crippen LogP contribution >= 0.6 is 11.8 Å². The van der Waals surface area contributed by atoms with Gasteiger partial charge in [-0.25, -0.2) is 4.79 Å². The Morgan fingerprint density at radius 1 is 1.24 bits per heavy atom. The quantitative estimate of drug-likeness (QED) is 0.687. The monoisotopic (exact) mass is 310 g/mol. The molecule has 0 saturated carbocycles. The average molecular weight is 310 g/mol. The molecule has 0 radical (unpaired) electrons. The molecular weight excluding hydrogens is 288 g/mol. The van der Waals surface area contributed by atoms with Crippen molar-refractivity contribution in [3.05, 3.63) is 35.4 Å². The molecule has 2 amide bonds. The molecule has 0 fully saturated rings. The number of carboxylic acids is 1. The van der Waals surface area contributed by atoms with Crippen LogP contribution < -0.4 is 10.6 Å². The van der Waals surface area contributed by atoms with Gasteiger partial charge >= 0.3 is 12.0 Å². The van der Waals surface area contributed by atoms with Crippen LogP contribution in [0.3, 0.4) is 0 Å². The molecule has 1 aromatic rings. The van der Waals surface area contributed by atoms with Gasteiger partial charge in [0.1, 0.15) is 0 Å². The number of benzene rings is 1. The Morgan fingerprint density at radius 2 is 1.90 bits per heavy atom. The molecule has 0 spiro atoms. The van der Waals surface area contributed by atoms with E-state index in [1.54, 1.807) is 23.9 Å². The summed E-state index contributed by atoms with van der Waals surface area (Å²) in [5.41, 5.74) is 1.55. The van der Waals surface area contributed by atoms with Crippen molar-refractivity contribution >= 4 is 23.8 Å². The molecule has 116 valence electrons. The average Bonchev–Trinajstić information content (AvgIpc) is 2.44.